The first-order valence-electron chi connectivity index (χ1n) is 8.09. The summed E-state index contributed by atoms with van der Waals surface area (Å²) in [6.07, 6.45) is -0.967. The zero-order valence-corrected chi connectivity index (χ0v) is 14.4. The summed E-state index contributed by atoms with van der Waals surface area (Å²) in [4.78, 5) is 27.3. The van der Waals surface area contributed by atoms with Crippen LogP contribution in [-0.4, -0.2) is 39.8 Å². The van der Waals surface area contributed by atoms with Crippen molar-refractivity contribution in [2.24, 2.45) is 0 Å². The molecule has 0 aliphatic heterocycles. The van der Waals surface area contributed by atoms with E-state index in [-0.39, 0.29) is 37.0 Å². The van der Waals surface area contributed by atoms with Crippen molar-refractivity contribution >= 4 is 11.9 Å². The molecule has 140 valence electrons. The molecule has 0 saturated heterocycles. The number of aromatic nitrogens is 2. The van der Waals surface area contributed by atoms with Gasteiger partial charge in [0.2, 0.25) is 17.9 Å². The summed E-state index contributed by atoms with van der Waals surface area (Å²) >= 11 is 0. The average molecular weight is 365 g/mol. The molecule has 1 aromatic carbocycles. The van der Waals surface area contributed by atoms with Crippen molar-refractivity contribution in [3.8, 4) is 5.75 Å². The predicted octanol–water partition coefficient (Wildman–Crippen LogP) is 1.91. The molecule has 2 rings (SSSR count). The normalized spacial score (nSPS) is 12.0. The number of nitrogens with one attached hydrogen (secondary N) is 1. The molecule has 2 N–H and O–H groups in total. The lowest BCUT2D eigenvalue weighted by molar-refractivity contribution is -0.145. The van der Waals surface area contributed by atoms with E-state index in [9.17, 15) is 19.1 Å². The lowest BCUT2D eigenvalue weighted by atomic mass is 10.2. The molecule has 1 heterocycles. The van der Waals surface area contributed by atoms with Crippen molar-refractivity contribution in [2.75, 3.05) is 6.54 Å². The number of hydrogen-bond donors (Lipinski definition) is 2. The summed E-state index contributed by atoms with van der Waals surface area (Å²) in [6.45, 7) is 3.62. The van der Waals surface area contributed by atoms with Crippen molar-refractivity contribution in [2.45, 2.75) is 38.7 Å². The minimum absolute atomic E-state index is 0.0720. The summed E-state index contributed by atoms with van der Waals surface area (Å²) in [5.74, 6) is -0.836. The largest absolute Gasteiger partial charge is 0.478 e. The molecule has 0 spiro atoms. The fourth-order valence-corrected chi connectivity index (χ4v) is 1.98. The van der Waals surface area contributed by atoms with Gasteiger partial charge in [0, 0.05) is 18.8 Å². The van der Waals surface area contributed by atoms with E-state index in [1.54, 1.807) is 0 Å². The minimum atomic E-state index is -1.29. The monoisotopic (exact) mass is 365 g/mol. The maximum absolute atomic E-state index is 12.9. The molecule has 0 aliphatic rings. The van der Waals surface area contributed by atoms with E-state index in [2.05, 4.69) is 15.5 Å². The average Bonchev–Trinajstić information content (AvgIpc) is 3.07. The highest BCUT2D eigenvalue weighted by Gasteiger charge is 2.21. The van der Waals surface area contributed by atoms with Gasteiger partial charge < -0.3 is 19.7 Å². The van der Waals surface area contributed by atoms with E-state index in [1.807, 2.05) is 13.8 Å². The van der Waals surface area contributed by atoms with Gasteiger partial charge in [-0.05, 0) is 24.3 Å². The van der Waals surface area contributed by atoms with Gasteiger partial charge in [-0.3, -0.25) is 4.79 Å². The smallest absolute Gasteiger partial charge is 0.346 e. The van der Waals surface area contributed by atoms with E-state index in [0.717, 1.165) is 12.1 Å². The number of carboxylic acids is 1. The fourth-order valence-electron chi connectivity index (χ4n) is 1.98. The van der Waals surface area contributed by atoms with E-state index in [1.165, 1.54) is 12.1 Å². The number of aliphatic carboxylic acids is 1. The second-order valence-electron chi connectivity index (χ2n) is 5.90. The number of hydrogen-bond acceptors (Lipinski definition) is 6. The number of benzene rings is 1. The molecule has 0 bridgehead atoms. The lowest BCUT2D eigenvalue weighted by Gasteiger charge is -2.15. The second kappa shape index (κ2) is 8.93. The molecule has 0 aliphatic carbocycles. The van der Waals surface area contributed by atoms with Gasteiger partial charge >= 0.3 is 5.97 Å². The Morgan fingerprint density at radius 2 is 2.00 bits per heavy atom. The van der Waals surface area contributed by atoms with Gasteiger partial charge in [-0.2, -0.15) is 4.98 Å². The number of ether oxygens (including phenoxy) is 1. The van der Waals surface area contributed by atoms with Gasteiger partial charge in [-0.25, -0.2) is 9.18 Å². The van der Waals surface area contributed by atoms with Crippen molar-refractivity contribution in [3.05, 3.63) is 41.8 Å². The number of halogens is 1. The van der Waals surface area contributed by atoms with Crippen LogP contribution in [0.2, 0.25) is 0 Å². The van der Waals surface area contributed by atoms with E-state index < -0.39 is 17.9 Å². The molecule has 1 atom stereocenters. The number of carboxylic acid groups (broad SMARTS) is 1. The number of carbonyl (C=O) groups is 2. The van der Waals surface area contributed by atoms with Crippen LogP contribution in [0.15, 0.2) is 28.8 Å². The Labute approximate surface area is 149 Å². The van der Waals surface area contributed by atoms with Crippen LogP contribution in [0.1, 0.15) is 37.9 Å². The Morgan fingerprint density at radius 3 is 2.58 bits per heavy atom. The number of nitrogens with zero attached hydrogens (tertiary/aromatic N) is 2. The standard InChI is InChI=1S/C17H20FN3O5/c1-10(2)16-20-15(26-21-16)8-7-14(22)19-9-13(17(23)24)25-12-5-3-11(18)4-6-12/h3-6,10,13H,7-9H2,1-2H3,(H,19,22)(H,23,24). The Kier molecular flexibility index (Phi) is 6.65. The molecule has 2 aromatic rings. The van der Waals surface area contributed by atoms with Crippen molar-refractivity contribution in [1.82, 2.24) is 15.5 Å². The van der Waals surface area contributed by atoms with Gasteiger partial charge in [-0.15, -0.1) is 0 Å². The topological polar surface area (TPSA) is 115 Å². The van der Waals surface area contributed by atoms with E-state index in [0.29, 0.717) is 11.7 Å². The highest BCUT2D eigenvalue weighted by molar-refractivity contribution is 5.78. The Bertz CT molecular complexity index is 745. The molecular weight excluding hydrogens is 345 g/mol. The molecule has 0 fully saturated rings. The summed E-state index contributed by atoms with van der Waals surface area (Å²) in [7, 11) is 0. The highest BCUT2D eigenvalue weighted by Crippen LogP contribution is 2.13. The molecule has 8 nitrogen and oxygen atoms in total. The summed E-state index contributed by atoms with van der Waals surface area (Å²) < 4.78 is 23.2. The van der Waals surface area contributed by atoms with Gasteiger partial charge in [-0.1, -0.05) is 19.0 Å². The molecule has 1 amide bonds. The zero-order valence-electron chi connectivity index (χ0n) is 14.4. The molecule has 0 saturated carbocycles. The van der Waals surface area contributed by atoms with Crippen LogP contribution >= 0.6 is 0 Å². The second-order valence-corrected chi connectivity index (χ2v) is 5.90. The summed E-state index contributed by atoms with van der Waals surface area (Å²) in [5.41, 5.74) is 0. The van der Waals surface area contributed by atoms with E-state index >= 15 is 0 Å². The Hall–Kier alpha value is -2.97. The first-order valence-corrected chi connectivity index (χ1v) is 8.09. The van der Waals surface area contributed by atoms with Gasteiger partial charge in [0.15, 0.2) is 5.82 Å². The predicted molar refractivity (Wildman–Crippen MR) is 88.2 cm³/mol. The third-order valence-electron chi connectivity index (χ3n) is 3.42. The molecule has 26 heavy (non-hydrogen) atoms. The minimum Gasteiger partial charge on any atom is -0.478 e. The Balaban J connectivity index is 1.80. The zero-order chi connectivity index (χ0) is 19.1. The van der Waals surface area contributed by atoms with Crippen molar-refractivity contribution in [1.29, 1.82) is 0 Å². The van der Waals surface area contributed by atoms with Crippen LogP contribution in [0.4, 0.5) is 4.39 Å². The molecule has 9 heteroatoms. The summed E-state index contributed by atoms with van der Waals surface area (Å²) in [6, 6.07) is 4.94. The molecule has 1 aromatic heterocycles. The van der Waals surface area contributed by atoms with Crippen LogP contribution in [-0.2, 0) is 16.0 Å². The maximum Gasteiger partial charge on any atom is 0.346 e. The quantitative estimate of drug-likeness (QED) is 0.697. The first kappa shape index (κ1) is 19.4. The molecule has 0 radical (unpaired) electrons. The summed E-state index contributed by atoms with van der Waals surface area (Å²) in [5, 5.41) is 15.5. The number of amides is 1. The SMILES string of the molecule is CC(C)c1noc(CCC(=O)NCC(Oc2ccc(F)cc2)C(=O)O)n1. The van der Waals surface area contributed by atoms with Gasteiger partial charge in [0.25, 0.3) is 0 Å². The first-order chi connectivity index (χ1) is 12.3. The maximum atomic E-state index is 12.9. The Morgan fingerprint density at radius 1 is 1.31 bits per heavy atom. The molecular formula is C17H20FN3O5. The third-order valence-corrected chi connectivity index (χ3v) is 3.42. The number of aryl methyl sites for hydroxylation is 1. The van der Waals surface area contributed by atoms with Crippen LogP contribution in [0.5, 0.6) is 5.75 Å². The van der Waals surface area contributed by atoms with Crippen LogP contribution in [0.3, 0.4) is 0 Å². The van der Waals surface area contributed by atoms with E-state index in [4.69, 9.17) is 9.26 Å². The van der Waals surface area contributed by atoms with Crippen LogP contribution in [0.25, 0.3) is 0 Å². The highest BCUT2D eigenvalue weighted by atomic mass is 19.1. The third kappa shape index (κ3) is 5.83. The molecule has 1 unspecified atom stereocenters. The van der Waals surface area contributed by atoms with Crippen molar-refractivity contribution < 1.29 is 28.3 Å². The lowest BCUT2D eigenvalue weighted by Crippen LogP contribution is -2.40. The van der Waals surface area contributed by atoms with Crippen molar-refractivity contribution in [3.63, 3.8) is 0 Å². The van der Waals surface area contributed by atoms with Gasteiger partial charge in [0.1, 0.15) is 11.6 Å². The fraction of sp³-hybridized carbons (Fsp3) is 0.412. The van der Waals surface area contributed by atoms with Crippen LogP contribution < -0.4 is 10.1 Å². The van der Waals surface area contributed by atoms with Crippen LogP contribution in [0, 0.1) is 5.82 Å². The number of carbonyl (C=O) groups excluding carboxylic acids is 1. The van der Waals surface area contributed by atoms with Gasteiger partial charge in [0.05, 0.1) is 6.54 Å². The number of rotatable bonds is 9.